The highest BCUT2D eigenvalue weighted by Crippen LogP contribution is 2.54. The minimum absolute atomic E-state index is 0.309. The van der Waals surface area contributed by atoms with Gasteiger partial charge in [0.25, 0.3) is 0 Å². The van der Waals surface area contributed by atoms with E-state index in [0.717, 1.165) is 44.7 Å². The molecule has 2 aliphatic heterocycles. The Bertz CT molecular complexity index is 1850. The lowest BCUT2D eigenvalue weighted by Crippen LogP contribution is -2.33. The molecule has 2 aliphatic rings. The maximum absolute atomic E-state index is 14.0. The Balaban J connectivity index is 1.39. The van der Waals surface area contributed by atoms with E-state index < -0.39 is 63.7 Å². The van der Waals surface area contributed by atoms with Crippen molar-refractivity contribution in [1.29, 1.82) is 0 Å². The number of rotatable bonds is 7. The molecule has 232 valence electrons. The van der Waals surface area contributed by atoms with Crippen LogP contribution in [0.15, 0.2) is 82.6 Å². The van der Waals surface area contributed by atoms with Crippen molar-refractivity contribution in [3.05, 3.63) is 98.5 Å². The Hall–Kier alpha value is -4.56. The Morgan fingerprint density at radius 1 is 0.889 bits per heavy atom. The summed E-state index contributed by atoms with van der Waals surface area (Å²) >= 11 is 1.84. The average molecular weight is 656 g/mol. The number of fused-ring (bicyclic) bond motifs is 2. The van der Waals surface area contributed by atoms with Crippen LogP contribution in [0.5, 0.6) is 11.5 Å². The van der Waals surface area contributed by atoms with Gasteiger partial charge in [0.1, 0.15) is 23.3 Å². The van der Waals surface area contributed by atoms with E-state index >= 15 is 0 Å². The highest BCUT2D eigenvalue weighted by molar-refractivity contribution is 8.00. The van der Waals surface area contributed by atoms with E-state index in [1.165, 1.54) is 26.4 Å². The number of nitrogens with one attached hydrogen (secondary N) is 1. The number of hydrogen-bond donors (Lipinski definition) is 1. The van der Waals surface area contributed by atoms with E-state index in [1.54, 1.807) is 48.5 Å². The molecule has 6 rings (SSSR count). The van der Waals surface area contributed by atoms with Gasteiger partial charge in [-0.1, -0.05) is 47.4 Å². The zero-order valence-electron chi connectivity index (χ0n) is 23.7. The number of thioether (sulfide) groups is 1. The number of carbonyl (C=O) groups excluding carboxylic acids is 3. The van der Waals surface area contributed by atoms with Crippen LogP contribution in [0.25, 0.3) is 0 Å². The van der Waals surface area contributed by atoms with Crippen LogP contribution in [0.2, 0.25) is 0 Å². The fourth-order valence-corrected chi connectivity index (χ4v) is 8.36. The van der Waals surface area contributed by atoms with E-state index in [4.69, 9.17) is 9.47 Å². The number of benzene rings is 3. The summed E-state index contributed by atoms with van der Waals surface area (Å²) in [5.41, 5.74) is -0.453. The van der Waals surface area contributed by atoms with Gasteiger partial charge in [-0.15, -0.1) is 0 Å². The average Bonchev–Trinajstić information content (AvgIpc) is 3.47. The molecule has 0 radical (unpaired) electrons. The molecule has 2 unspecified atom stereocenters. The molecule has 4 aromatic rings. The summed E-state index contributed by atoms with van der Waals surface area (Å²) in [6.07, 6.45) is -4.70. The molecule has 0 saturated carbocycles. The smallest absolute Gasteiger partial charge is 0.418 e. The third-order valence-electron chi connectivity index (χ3n) is 7.66. The minimum atomic E-state index is -4.70. The van der Waals surface area contributed by atoms with Crippen molar-refractivity contribution in [3.63, 3.8) is 0 Å². The number of nitrogens with zero attached hydrogens (tertiary/aromatic N) is 2. The molecule has 3 heterocycles. The molecular weight excluding hydrogens is 631 g/mol. The standard InChI is InChI=1S/C31H24F3N3O6S2/c1-42-18-11-7-16(8-12-18)23-24-25(28(40)37(27(24)39)17-9-13-19(43-2)14-10-17)44-29-26(23)45-30(41)36(29)15-22(38)35-21-6-4-3-5-20(21)31(32,33)34/h3-14,23-25H,15H2,1-2H3,(H,35,38)/t23-,24?,25?/m1/s1. The SMILES string of the molecule is COc1ccc([C@H]2c3sc(=O)n(CC(=O)Nc4ccccc4C(F)(F)F)c3SC3C(=O)N(c4ccc(OC)cc4)C(=O)C32)cc1. The van der Waals surface area contributed by atoms with Crippen molar-refractivity contribution in [1.82, 2.24) is 4.57 Å². The number of imide groups is 1. The van der Waals surface area contributed by atoms with E-state index in [-0.39, 0.29) is 0 Å². The largest absolute Gasteiger partial charge is 0.497 e. The number of thiazole rings is 1. The topological polar surface area (TPSA) is 107 Å². The number of anilines is 2. The Morgan fingerprint density at radius 3 is 2.13 bits per heavy atom. The molecule has 1 aromatic heterocycles. The van der Waals surface area contributed by atoms with Crippen LogP contribution in [-0.2, 0) is 27.1 Å². The summed E-state index contributed by atoms with van der Waals surface area (Å²) in [5.74, 6) is -2.26. The van der Waals surface area contributed by atoms with Crippen molar-refractivity contribution < 1.29 is 37.0 Å². The second-order valence-corrected chi connectivity index (χ2v) is 12.4. The Morgan fingerprint density at radius 2 is 1.51 bits per heavy atom. The number of ether oxygens (including phenoxy) is 2. The lowest BCUT2D eigenvalue weighted by molar-refractivity contribution is -0.137. The number of hydrogen-bond acceptors (Lipinski definition) is 8. The predicted molar refractivity (Wildman–Crippen MR) is 162 cm³/mol. The van der Waals surface area contributed by atoms with E-state index in [0.29, 0.717) is 32.7 Å². The third-order valence-corrected chi connectivity index (χ3v) is 10.3. The van der Waals surface area contributed by atoms with Gasteiger partial charge in [-0.2, -0.15) is 13.2 Å². The first kappa shape index (κ1) is 30.5. The molecule has 3 amide bonds. The van der Waals surface area contributed by atoms with Crippen LogP contribution >= 0.6 is 23.1 Å². The van der Waals surface area contributed by atoms with E-state index in [9.17, 15) is 32.3 Å². The number of para-hydroxylation sites is 1. The molecule has 1 saturated heterocycles. The van der Waals surface area contributed by atoms with Crippen molar-refractivity contribution in [2.45, 2.75) is 28.9 Å². The molecule has 3 aromatic carbocycles. The van der Waals surface area contributed by atoms with Crippen LogP contribution in [0, 0.1) is 5.92 Å². The first-order chi connectivity index (χ1) is 21.5. The van der Waals surface area contributed by atoms with Crippen molar-refractivity contribution in [2.24, 2.45) is 5.92 Å². The number of alkyl halides is 3. The van der Waals surface area contributed by atoms with Gasteiger partial charge in [0, 0.05) is 10.8 Å². The number of methoxy groups -OCH3 is 2. The second kappa shape index (κ2) is 11.7. The lowest BCUT2D eigenvalue weighted by Gasteiger charge is -2.30. The van der Waals surface area contributed by atoms with Crippen molar-refractivity contribution in [2.75, 3.05) is 24.4 Å². The van der Waals surface area contributed by atoms with Crippen molar-refractivity contribution in [3.8, 4) is 11.5 Å². The zero-order chi connectivity index (χ0) is 32.0. The number of halogens is 3. The van der Waals surface area contributed by atoms with Gasteiger partial charge in [0.05, 0.1) is 42.1 Å². The van der Waals surface area contributed by atoms with Gasteiger partial charge in [-0.25, -0.2) is 4.90 Å². The lowest BCUT2D eigenvalue weighted by atomic mass is 9.83. The van der Waals surface area contributed by atoms with Gasteiger partial charge in [-0.3, -0.25) is 23.7 Å². The Labute approximate surface area is 262 Å². The maximum Gasteiger partial charge on any atom is 0.418 e. The Kier molecular flexibility index (Phi) is 7.95. The molecule has 1 fully saturated rings. The van der Waals surface area contributed by atoms with Crippen LogP contribution < -0.4 is 24.6 Å². The summed E-state index contributed by atoms with van der Waals surface area (Å²) in [7, 11) is 3.01. The summed E-state index contributed by atoms with van der Waals surface area (Å²) in [6, 6.07) is 17.9. The summed E-state index contributed by atoms with van der Waals surface area (Å²) in [4.78, 5) is 55.3. The zero-order valence-corrected chi connectivity index (χ0v) is 25.3. The van der Waals surface area contributed by atoms with Crippen molar-refractivity contribution >= 4 is 52.2 Å². The second-order valence-electron chi connectivity index (χ2n) is 10.2. The molecule has 3 atom stereocenters. The molecule has 45 heavy (non-hydrogen) atoms. The number of amides is 3. The third kappa shape index (κ3) is 5.48. The summed E-state index contributed by atoms with van der Waals surface area (Å²) in [6.45, 7) is -0.596. The quantitative estimate of drug-likeness (QED) is 0.267. The molecular formula is C31H24F3N3O6S2. The predicted octanol–water partition coefficient (Wildman–Crippen LogP) is 5.38. The first-order valence-corrected chi connectivity index (χ1v) is 15.2. The number of aromatic nitrogens is 1. The maximum atomic E-state index is 14.0. The normalized spacial score (nSPS) is 19.2. The fraction of sp³-hybridized carbons (Fsp3) is 0.226. The minimum Gasteiger partial charge on any atom is -0.497 e. The molecule has 0 bridgehead atoms. The van der Waals surface area contributed by atoms with Crippen LogP contribution in [0.3, 0.4) is 0 Å². The monoisotopic (exact) mass is 655 g/mol. The van der Waals surface area contributed by atoms with E-state index in [1.807, 2.05) is 0 Å². The van der Waals surface area contributed by atoms with Gasteiger partial charge >= 0.3 is 11.0 Å². The van der Waals surface area contributed by atoms with Gasteiger partial charge in [-0.05, 0) is 54.1 Å². The summed E-state index contributed by atoms with van der Waals surface area (Å²) in [5, 5.41) is 1.64. The summed E-state index contributed by atoms with van der Waals surface area (Å²) < 4.78 is 52.2. The van der Waals surface area contributed by atoms with Gasteiger partial charge in [0.2, 0.25) is 17.7 Å². The van der Waals surface area contributed by atoms with Crippen LogP contribution in [0.4, 0.5) is 24.5 Å². The van der Waals surface area contributed by atoms with Gasteiger partial charge in [0.15, 0.2) is 0 Å². The molecule has 1 N–H and O–H groups in total. The molecule has 9 nitrogen and oxygen atoms in total. The number of carbonyl (C=O) groups is 3. The molecule has 0 spiro atoms. The van der Waals surface area contributed by atoms with Crippen LogP contribution in [-0.4, -0.2) is 41.8 Å². The molecule has 0 aliphatic carbocycles. The molecule has 14 heteroatoms. The fourth-order valence-electron chi connectivity index (χ4n) is 5.58. The highest BCUT2D eigenvalue weighted by atomic mass is 32.2. The highest BCUT2D eigenvalue weighted by Gasteiger charge is 2.56. The van der Waals surface area contributed by atoms with Crippen LogP contribution in [0.1, 0.15) is 21.9 Å². The first-order valence-electron chi connectivity index (χ1n) is 13.5. The van der Waals surface area contributed by atoms with Gasteiger partial charge < -0.3 is 14.8 Å². The van der Waals surface area contributed by atoms with E-state index in [2.05, 4.69) is 5.32 Å².